The van der Waals surface area contributed by atoms with E-state index in [4.69, 9.17) is 4.74 Å². The number of fused-ring (bicyclic) bond motifs is 1. The summed E-state index contributed by atoms with van der Waals surface area (Å²) in [4.78, 5) is 32.9. The van der Waals surface area contributed by atoms with Gasteiger partial charge in [0.1, 0.15) is 11.8 Å². The Bertz CT molecular complexity index is 1210. The van der Waals surface area contributed by atoms with Gasteiger partial charge in [0.2, 0.25) is 5.88 Å². The summed E-state index contributed by atoms with van der Waals surface area (Å²) < 4.78 is 5.95. The van der Waals surface area contributed by atoms with E-state index in [1.165, 1.54) is 0 Å². The Morgan fingerprint density at radius 1 is 1.09 bits per heavy atom. The van der Waals surface area contributed by atoms with Gasteiger partial charge in [-0.3, -0.25) is 9.78 Å². The van der Waals surface area contributed by atoms with Crippen LogP contribution in [0.5, 0.6) is 11.6 Å². The molecule has 0 radical (unpaired) electrons. The predicted molar refractivity (Wildman–Crippen MR) is 130 cm³/mol. The van der Waals surface area contributed by atoms with Crippen LogP contribution in [0, 0.1) is 5.41 Å². The standard InChI is InChI=1S/C27H29N3O4/c1-3-11-27(12-4-2)23(16-24(27)31)30-22(26(32)33)15-18-5-7-20(8-6-18)34-25-21-17-28-13-9-19(21)10-14-29-25/h5-10,13-14,16-17,22,30H,3-4,11-12,15H2,1-2H3,(H,32,33)/t22-/m0/s1. The monoisotopic (exact) mass is 459 g/mol. The number of ether oxygens (including phenoxy) is 1. The minimum Gasteiger partial charge on any atom is -0.480 e. The maximum atomic E-state index is 12.4. The highest BCUT2D eigenvalue weighted by Crippen LogP contribution is 2.44. The number of carboxylic acids is 1. The van der Waals surface area contributed by atoms with E-state index in [9.17, 15) is 14.7 Å². The van der Waals surface area contributed by atoms with Crippen molar-refractivity contribution in [2.75, 3.05) is 0 Å². The SMILES string of the molecule is CCCC1(CCC)C(=O)C=C1N[C@@H](Cc1ccc(Oc2nccc3ccncc23)cc1)C(=O)O. The fraction of sp³-hybridized carbons (Fsp3) is 0.333. The number of ketones is 1. The lowest BCUT2D eigenvalue weighted by atomic mass is 9.65. The van der Waals surface area contributed by atoms with Crippen molar-refractivity contribution >= 4 is 22.5 Å². The molecule has 0 spiro atoms. The summed E-state index contributed by atoms with van der Waals surface area (Å²) in [7, 11) is 0. The van der Waals surface area contributed by atoms with Gasteiger partial charge in [0.25, 0.3) is 0 Å². The third-order valence-corrected chi connectivity index (χ3v) is 6.35. The molecule has 7 nitrogen and oxygen atoms in total. The molecule has 0 unspecified atom stereocenters. The summed E-state index contributed by atoms with van der Waals surface area (Å²) in [6.45, 7) is 4.09. The van der Waals surface area contributed by atoms with E-state index in [0.29, 0.717) is 11.6 Å². The number of carboxylic acid groups (broad SMARTS) is 1. The first-order chi connectivity index (χ1) is 16.5. The summed E-state index contributed by atoms with van der Waals surface area (Å²) in [5, 5.41) is 14.8. The number of nitrogens with one attached hydrogen (secondary N) is 1. The number of nitrogens with zero attached hydrogens (tertiary/aromatic N) is 2. The van der Waals surface area contributed by atoms with E-state index in [2.05, 4.69) is 15.3 Å². The van der Waals surface area contributed by atoms with Gasteiger partial charge in [0.05, 0.1) is 10.8 Å². The quantitative estimate of drug-likeness (QED) is 0.413. The van der Waals surface area contributed by atoms with Gasteiger partial charge < -0.3 is 15.2 Å². The molecule has 176 valence electrons. The van der Waals surface area contributed by atoms with E-state index in [-0.39, 0.29) is 12.2 Å². The van der Waals surface area contributed by atoms with Crippen molar-refractivity contribution in [1.29, 1.82) is 0 Å². The average molecular weight is 460 g/mol. The fourth-order valence-corrected chi connectivity index (χ4v) is 4.63. The molecule has 2 N–H and O–H groups in total. The molecule has 0 saturated carbocycles. The van der Waals surface area contributed by atoms with E-state index in [1.54, 1.807) is 36.8 Å². The van der Waals surface area contributed by atoms with Gasteiger partial charge in [-0.15, -0.1) is 0 Å². The van der Waals surface area contributed by atoms with Crippen LogP contribution in [0.1, 0.15) is 45.1 Å². The largest absolute Gasteiger partial charge is 0.480 e. The van der Waals surface area contributed by atoms with Crippen molar-refractivity contribution in [2.24, 2.45) is 5.41 Å². The van der Waals surface area contributed by atoms with Crippen LogP contribution in [-0.4, -0.2) is 32.9 Å². The summed E-state index contributed by atoms with van der Waals surface area (Å²) in [5.74, 6) is 0.217. The Morgan fingerprint density at radius 2 is 1.79 bits per heavy atom. The molecule has 0 fully saturated rings. The molecule has 1 atom stereocenters. The van der Waals surface area contributed by atoms with Crippen LogP contribution in [-0.2, 0) is 16.0 Å². The molecule has 34 heavy (non-hydrogen) atoms. The number of carbonyl (C=O) groups is 2. The minimum atomic E-state index is -0.949. The van der Waals surface area contributed by atoms with E-state index in [1.807, 2.05) is 38.1 Å². The van der Waals surface area contributed by atoms with Gasteiger partial charge in [-0.25, -0.2) is 9.78 Å². The number of allylic oxidation sites excluding steroid dienone is 2. The highest BCUT2D eigenvalue weighted by Gasteiger charge is 2.47. The van der Waals surface area contributed by atoms with Gasteiger partial charge in [0, 0.05) is 36.8 Å². The number of hydrogen-bond acceptors (Lipinski definition) is 6. The number of aliphatic carboxylic acids is 1. The van der Waals surface area contributed by atoms with Crippen LogP contribution in [0.15, 0.2) is 66.8 Å². The van der Waals surface area contributed by atoms with E-state index >= 15 is 0 Å². The Hall–Kier alpha value is -3.74. The van der Waals surface area contributed by atoms with Gasteiger partial charge in [-0.2, -0.15) is 0 Å². The number of benzene rings is 1. The molecule has 1 aliphatic carbocycles. The van der Waals surface area contributed by atoms with Crippen LogP contribution in [0.4, 0.5) is 0 Å². The molecule has 0 bridgehead atoms. The van der Waals surface area contributed by atoms with Crippen molar-refractivity contribution in [3.05, 3.63) is 72.3 Å². The number of aromatic nitrogens is 2. The van der Waals surface area contributed by atoms with E-state index in [0.717, 1.165) is 47.7 Å². The molecule has 3 aromatic rings. The molecular formula is C27H29N3O4. The average Bonchev–Trinajstić information content (AvgIpc) is 2.84. The zero-order valence-electron chi connectivity index (χ0n) is 19.5. The molecule has 7 heteroatoms. The van der Waals surface area contributed by atoms with Gasteiger partial charge >= 0.3 is 5.97 Å². The van der Waals surface area contributed by atoms with E-state index < -0.39 is 17.4 Å². The zero-order valence-corrected chi connectivity index (χ0v) is 19.5. The van der Waals surface area contributed by atoms with Crippen molar-refractivity contribution in [1.82, 2.24) is 15.3 Å². The smallest absolute Gasteiger partial charge is 0.326 e. The molecule has 0 saturated heterocycles. The summed E-state index contributed by atoms with van der Waals surface area (Å²) in [5.41, 5.74) is 1.04. The second-order valence-electron chi connectivity index (χ2n) is 8.70. The maximum absolute atomic E-state index is 12.4. The minimum absolute atomic E-state index is 0.0987. The van der Waals surface area contributed by atoms with Crippen molar-refractivity contribution in [2.45, 2.75) is 52.0 Å². The van der Waals surface area contributed by atoms with Crippen LogP contribution in [0.3, 0.4) is 0 Å². The van der Waals surface area contributed by atoms with Gasteiger partial charge in [-0.05, 0) is 48.1 Å². The highest BCUT2D eigenvalue weighted by atomic mass is 16.5. The van der Waals surface area contributed by atoms with Crippen LogP contribution >= 0.6 is 0 Å². The van der Waals surface area contributed by atoms with Crippen molar-refractivity contribution in [3.63, 3.8) is 0 Å². The second-order valence-corrected chi connectivity index (χ2v) is 8.70. The topological polar surface area (TPSA) is 101 Å². The lowest BCUT2D eigenvalue weighted by Gasteiger charge is -2.42. The Labute approximate surface area is 198 Å². The maximum Gasteiger partial charge on any atom is 0.326 e. The number of hydrogen-bond donors (Lipinski definition) is 2. The lowest BCUT2D eigenvalue weighted by molar-refractivity contribution is -0.140. The third kappa shape index (κ3) is 4.64. The van der Waals surface area contributed by atoms with Crippen molar-refractivity contribution in [3.8, 4) is 11.6 Å². The molecule has 2 aromatic heterocycles. The summed E-state index contributed by atoms with van der Waals surface area (Å²) >= 11 is 0. The van der Waals surface area contributed by atoms with Gasteiger partial charge in [-0.1, -0.05) is 38.8 Å². The molecule has 2 heterocycles. The Morgan fingerprint density at radius 3 is 2.44 bits per heavy atom. The summed E-state index contributed by atoms with van der Waals surface area (Å²) in [6, 6.07) is 10.3. The first kappa shape index (κ1) is 23.4. The molecule has 4 rings (SSSR count). The Balaban J connectivity index is 1.46. The predicted octanol–water partition coefficient (Wildman–Crippen LogP) is 5.06. The lowest BCUT2D eigenvalue weighted by Crippen LogP contribution is -2.51. The van der Waals surface area contributed by atoms with Crippen molar-refractivity contribution < 1.29 is 19.4 Å². The first-order valence-electron chi connectivity index (χ1n) is 11.7. The fourth-order valence-electron chi connectivity index (χ4n) is 4.63. The summed E-state index contributed by atoms with van der Waals surface area (Å²) in [6.07, 6.45) is 10.2. The van der Waals surface area contributed by atoms with Crippen LogP contribution in [0.2, 0.25) is 0 Å². The molecule has 0 aliphatic heterocycles. The molecule has 1 aromatic carbocycles. The highest BCUT2D eigenvalue weighted by molar-refractivity contribution is 6.05. The number of pyridine rings is 2. The normalized spacial score (nSPS) is 15.4. The molecule has 1 aliphatic rings. The first-order valence-corrected chi connectivity index (χ1v) is 11.7. The number of carbonyl (C=O) groups excluding carboxylic acids is 1. The number of rotatable bonds is 11. The molecular weight excluding hydrogens is 430 g/mol. The Kier molecular flexibility index (Phi) is 6.91. The third-order valence-electron chi connectivity index (χ3n) is 6.35. The second kappa shape index (κ2) is 10.0. The van der Waals surface area contributed by atoms with Gasteiger partial charge in [0.15, 0.2) is 5.78 Å². The molecule has 0 amide bonds. The van der Waals surface area contributed by atoms with Crippen LogP contribution < -0.4 is 10.1 Å². The van der Waals surface area contributed by atoms with Crippen LogP contribution in [0.25, 0.3) is 10.8 Å². The zero-order chi connectivity index (χ0) is 24.1.